The number of rotatable bonds is 7. The van der Waals surface area contributed by atoms with E-state index in [0.717, 1.165) is 0 Å². The van der Waals surface area contributed by atoms with Crippen LogP contribution in [0.4, 0.5) is 0 Å². The summed E-state index contributed by atoms with van der Waals surface area (Å²) < 4.78 is 4.94. The first kappa shape index (κ1) is 15.6. The molecule has 0 radical (unpaired) electrons. The van der Waals surface area contributed by atoms with E-state index in [1.165, 1.54) is 18.4 Å². The van der Waals surface area contributed by atoms with Crippen LogP contribution in [0.15, 0.2) is 5.51 Å². The number of nitrogens with one attached hydrogen (secondary N) is 1. The summed E-state index contributed by atoms with van der Waals surface area (Å²) in [6.07, 6.45) is 0.388. The van der Waals surface area contributed by atoms with Gasteiger partial charge in [0, 0.05) is 7.11 Å². The third kappa shape index (κ3) is 4.60. The number of thiazole rings is 1. The molecule has 1 heterocycles. The van der Waals surface area contributed by atoms with Crippen molar-refractivity contribution in [2.75, 3.05) is 7.11 Å². The summed E-state index contributed by atoms with van der Waals surface area (Å²) in [4.78, 5) is 27.6. The molecule has 19 heavy (non-hydrogen) atoms. The number of carboxylic acids is 1. The Morgan fingerprint density at radius 3 is 2.74 bits per heavy atom. The molecule has 0 spiro atoms. The zero-order valence-electron chi connectivity index (χ0n) is 11.2. The van der Waals surface area contributed by atoms with Crippen LogP contribution in [0.3, 0.4) is 0 Å². The monoisotopic (exact) mass is 286 g/mol. The highest BCUT2D eigenvalue weighted by Gasteiger charge is 2.24. The first-order valence-corrected chi connectivity index (χ1v) is 6.78. The van der Waals surface area contributed by atoms with Crippen LogP contribution < -0.4 is 5.32 Å². The molecule has 1 rings (SSSR count). The van der Waals surface area contributed by atoms with E-state index in [-0.39, 0.29) is 12.5 Å². The fourth-order valence-electron chi connectivity index (χ4n) is 1.61. The number of methoxy groups -OCH3 is 1. The van der Waals surface area contributed by atoms with Gasteiger partial charge in [0.05, 0.1) is 17.8 Å². The summed E-state index contributed by atoms with van der Waals surface area (Å²) in [5.41, 5.74) is 2.07. The Balaban J connectivity index is 2.76. The summed E-state index contributed by atoms with van der Waals surface area (Å²) in [7, 11) is 1.51. The molecule has 0 bridgehead atoms. The highest BCUT2D eigenvalue weighted by molar-refractivity contribution is 7.11. The quantitative estimate of drug-likeness (QED) is 0.793. The van der Waals surface area contributed by atoms with E-state index in [0.29, 0.717) is 17.0 Å². The molecule has 0 aliphatic carbocycles. The molecule has 6 nitrogen and oxygen atoms in total. The van der Waals surface area contributed by atoms with Gasteiger partial charge in [0.1, 0.15) is 10.9 Å². The van der Waals surface area contributed by atoms with Gasteiger partial charge in [0.2, 0.25) is 0 Å². The van der Waals surface area contributed by atoms with Gasteiger partial charge in [-0.2, -0.15) is 0 Å². The molecule has 0 aromatic carbocycles. The maximum Gasteiger partial charge on any atom is 0.326 e. The lowest BCUT2D eigenvalue weighted by Crippen LogP contribution is -2.41. The van der Waals surface area contributed by atoms with Gasteiger partial charge in [0.15, 0.2) is 0 Å². The number of aromatic nitrogens is 1. The number of carbonyl (C=O) groups excluding carboxylic acids is 1. The van der Waals surface area contributed by atoms with Crippen molar-refractivity contribution < 1.29 is 19.4 Å². The zero-order chi connectivity index (χ0) is 14.4. The Kier molecular flexibility index (Phi) is 5.91. The highest BCUT2D eigenvalue weighted by Crippen LogP contribution is 2.15. The number of carboxylic acid groups (broad SMARTS) is 1. The van der Waals surface area contributed by atoms with Crippen molar-refractivity contribution in [3.63, 3.8) is 0 Å². The lowest BCUT2D eigenvalue weighted by atomic mass is 10.0. The molecule has 0 aliphatic rings. The Bertz CT molecular complexity index is 445. The van der Waals surface area contributed by atoms with Gasteiger partial charge in [0.25, 0.3) is 5.91 Å². The van der Waals surface area contributed by atoms with Gasteiger partial charge in [-0.05, 0) is 12.3 Å². The smallest absolute Gasteiger partial charge is 0.326 e. The normalized spacial score (nSPS) is 12.4. The largest absolute Gasteiger partial charge is 0.480 e. The van der Waals surface area contributed by atoms with E-state index in [2.05, 4.69) is 10.3 Å². The van der Waals surface area contributed by atoms with Gasteiger partial charge < -0.3 is 15.2 Å². The summed E-state index contributed by atoms with van der Waals surface area (Å²) in [5, 5.41) is 11.6. The number of nitrogens with zero attached hydrogens (tertiary/aromatic N) is 1. The third-order valence-corrected chi connectivity index (χ3v) is 3.31. The van der Waals surface area contributed by atoms with Crippen molar-refractivity contribution in [2.45, 2.75) is 32.9 Å². The van der Waals surface area contributed by atoms with Gasteiger partial charge in [-0.15, -0.1) is 11.3 Å². The SMILES string of the molecule is COCc1ncsc1C(=O)NC(CC(C)C)C(=O)O. The van der Waals surface area contributed by atoms with Crippen LogP contribution in [0.5, 0.6) is 0 Å². The number of ether oxygens (including phenoxy) is 1. The number of hydrogen-bond donors (Lipinski definition) is 2. The summed E-state index contributed by atoms with van der Waals surface area (Å²) in [5.74, 6) is -1.26. The molecular weight excluding hydrogens is 268 g/mol. The minimum absolute atomic E-state index is 0.182. The van der Waals surface area contributed by atoms with Crippen molar-refractivity contribution in [2.24, 2.45) is 5.92 Å². The lowest BCUT2D eigenvalue weighted by Gasteiger charge is -2.16. The number of carbonyl (C=O) groups is 2. The fourth-order valence-corrected chi connectivity index (χ4v) is 2.31. The minimum Gasteiger partial charge on any atom is -0.480 e. The van der Waals surface area contributed by atoms with Crippen LogP contribution in [-0.2, 0) is 16.1 Å². The van der Waals surface area contributed by atoms with Crippen molar-refractivity contribution in [3.05, 3.63) is 16.1 Å². The molecule has 0 fully saturated rings. The van der Waals surface area contributed by atoms with Gasteiger partial charge in [-0.25, -0.2) is 9.78 Å². The van der Waals surface area contributed by atoms with Crippen LogP contribution in [0.2, 0.25) is 0 Å². The summed E-state index contributed by atoms with van der Waals surface area (Å²) >= 11 is 1.17. The van der Waals surface area contributed by atoms with E-state index >= 15 is 0 Å². The molecule has 0 aliphatic heterocycles. The molecule has 1 aromatic rings. The summed E-state index contributed by atoms with van der Waals surface area (Å²) in [6.45, 7) is 4.05. The van der Waals surface area contributed by atoms with Crippen LogP contribution >= 0.6 is 11.3 Å². The molecule has 7 heteroatoms. The third-order valence-electron chi connectivity index (χ3n) is 2.44. The fraction of sp³-hybridized carbons (Fsp3) is 0.583. The first-order chi connectivity index (χ1) is 8.95. The molecule has 2 N–H and O–H groups in total. The number of amides is 1. The molecule has 0 saturated carbocycles. The average Bonchev–Trinajstić information content (AvgIpc) is 2.76. The van der Waals surface area contributed by atoms with Gasteiger partial charge in [-0.1, -0.05) is 13.8 Å². The lowest BCUT2D eigenvalue weighted by molar-refractivity contribution is -0.139. The Hall–Kier alpha value is -1.47. The van der Waals surface area contributed by atoms with Crippen molar-refractivity contribution in [1.29, 1.82) is 0 Å². The van der Waals surface area contributed by atoms with Crippen LogP contribution in [-0.4, -0.2) is 35.1 Å². The second-order valence-corrected chi connectivity index (χ2v) is 5.41. The van der Waals surface area contributed by atoms with Crippen LogP contribution in [0.25, 0.3) is 0 Å². The molecule has 1 aromatic heterocycles. The van der Waals surface area contributed by atoms with E-state index in [4.69, 9.17) is 9.84 Å². The molecule has 1 unspecified atom stereocenters. The second-order valence-electron chi connectivity index (χ2n) is 4.56. The topological polar surface area (TPSA) is 88.5 Å². The molecule has 0 saturated heterocycles. The van der Waals surface area contributed by atoms with Crippen molar-refractivity contribution in [3.8, 4) is 0 Å². The summed E-state index contributed by atoms with van der Waals surface area (Å²) in [6, 6.07) is -0.884. The Morgan fingerprint density at radius 1 is 1.53 bits per heavy atom. The predicted molar refractivity (Wildman–Crippen MR) is 71.2 cm³/mol. The molecular formula is C12H18N2O4S. The zero-order valence-corrected chi connectivity index (χ0v) is 12.0. The van der Waals surface area contributed by atoms with E-state index < -0.39 is 17.9 Å². The van der Waals surface area contributed by atoms with Crippen LogP contribution in [0.1, 0.15) is 35.6 Å². The maximum absolute atomic E-state index is 12.0. The van der Waals surface area contributed by atoms with E-state index in [1.807, 2.05) is 13.8 Å². The van der Waals surface area contributed by atoms with Crippen LogP contribution in [0, 0.1) is 5.92 Å². The van der Waals surface area contributed by atoms with E-state index in [9.17, 15) is 9.59 Å². The first-order valence-electron chi connectivity index (χ1n) is 5.90. The number of aliphatic carboxylic acids is 1. The average molecular weight is 286 g/mol. The number of hydrogen-bond acceptors (Lipinski definition) is 5. The minimum atomic E-state index is -1.03. The van der Waals surface area contributed by atoms with E-state index in [1.54, 1.807) is 5.51 Å². The van der Waals surface area contributed by atoms with Crippen molar-refractivity contribution >= 4 is 23.2 Å². The second kappa shape index (κ2) is 7.20. The van der Waals surface area contributed by atoms with Gasteiger partial charge in [-0.3, -0.25) is 4.79 Å². The molecule has 106 valence electrons. The molecule has 1 amide bonds. The van der Waals surface area contributed by atoms with Gasteiger partial charge >= 0.3 is 5.97 Å². The molecule has 1 atom stereocenters. The maximum atomic E-state index is 12.0. The predicted octanol–water partition coefficient (Wildman–Crippen LogP) is 1.52. The Labute approximate surface area is 115 Å². The highest BCUT2D eigenvalue weighted by atomic mass is 32.1. The van der Waals surface area contributed by atoms with Crippen molar-refractivity contribution in [1.82, 2.24) is 10.3 Å². The Morgan fingerprint density at radius 2 is 2.21 bits per heavy atom. The standard InChI is InChI=1S/C12H18N2O4S/c1-7(2)4-8(12(16)17)14-11(15)10-9(5-18-3)13-6-19-10/h6-8H,4-5H2,1-3H3,(H,14,15)(H,16,17).